The molecule has 0 unspecified atom stereocenters. The summed E-state index contributed by atoms with van der Waals surface area (Å²) in [6.07, 6.45) is 5.22. The molecule has 0 saturated heterocycles. The standard InChI is InChI=1S/C24H20N6O3.CH2O2/c1-14-13-26-23(30-22(14)27-17-4-6-21-19(12-17)29-24(31)33-21)28-16-3-5-20(32-2)18(11-16)15-7-9-25-10-8-15;2-1-3/h3-13H,1-2H3,(H,29,31)(H2,26,27,28,30);1H,(H,2,3). The van der Waals surface area contributed by atoms with Gasteiger partial charge in [0.05, 0.1) is 12.6 Å². The Bertz CT molecular complexity index is 1550. The first-order chi connectivity index (χ1) is 17.5. The minimum absolute atomic E-state index is 0.250. The highest BCUT2D eigenvalue weighted by molar-refractivity contribution is 5.79. The Morgan fingerprint density at radius 2 is 1.78 bits per heavy atom. The van der Waals surface area contributed by atoms with E-state index in [-0.39, 0.29) is 6.47 Å². The summed E-state index contributed by atoms with van der Waals surface area (Å²) in [7, 11) is 1.64. The fraction of sp³-hybridized carbons (Fsp3) is 0.0800. The van der Waals surface area contributed by atoms with Crippen LogP contribution in [0.25, 0.3) is 22.2 Å². The number of H-pyrrole nitrogens is 1. The van der Waals surface area contributed by atoms with Crippen molar-refractivity contribution >= 4 is 40.7 Å². The van der Waals surface area contributed by atoms with Gasteiger partial charge >= 0.3 is 5.76 Å². The molecule has 3 heterocycles. The molecule has 5 rings (SSSR count). The number of anilines is 4. The molecule has 5 aromatic rings. The molecular weight excluding hydrogens is 464 g/mol. The number of rotatable bonds is 6. The van der Waals surface area contributed by atoms with Gasteiger partial charge in [0, 0.05) is 41.1 Å². The molecule has 0 aliphatic rings. The number of hydrogen-bond acceptors (Lipinski definition) is 9. The van der Waals surface area contributed by atoms with E-state index in [0.717, 1.165) is 33.8 Å². The van der Waals surface area contributed by atoms with Crippen LogP contribution >= 0.6 is 0 Å². The third kappa shape index (κ3) is 5.47. The van der Waals surface area contributed by atoms with Gasteiger partial charge in [0.2, 0.25) is 5.95 Å². The van der Waals surface area contributed by atoms with Crippen molar-refractivity contribution in [1.29, 1.82) is 0 Å². The first kappa shape index (κ1) is 24.0. The van der Waals surface area contributed by atoms with Crippen molar-refractivity contribution in [3.05, 3.63) is 83.2 Å². The Labute approximate surface area is 204 Å². The van der Waals surface area contributed by atoms with Crippen LogP contribution in [0.5, 0.6) is 5.75 Å². The number of hydrogen-bond donors (Lipinski definition) is 4. The number of benzene rings is 2. The van der Waals surface area contributed by atoms with Crippen LogP contribution in [0.1, 0.15) is 5.56 Å². The van der Waals surface area contributed by atoms with Gasteiger partial charge in [0.25, 0.3) is 6.47 Å². The molecule has 0 aliphatic heterocycles. The third-order valence-electron chi connectivity index (χ3n) is 5.10. The number of aryl methyl sites for hydroxylation is 1. The molecule has 0 spiro atoms. The first-order valence-electron chi connectivity index (χ1n) is 10.7. The molecule has 0 atom stereocenters. The highest BCUT2D eigenvalue weighted by Crippen LogP contribution is 2.33. The molecule has 0 aliphatic carbocycles. The number of nitrogens with one attached hydrogen (secondary N) is 3. The van der Waals surface area contributed by atoms with E-state index in [4.69, 9.17) is 19.1 Å². The van der Waals surface area contributed by atoms with E-state index in [0.29, 0.717) is 22.9 Å². The molecular formula is C25H22N6O5. The van der Waals surface area contributed by atoms with Crippen molar-refractivity contribution in [2.24, 2.45) is 0 Å². The first-order valence-corrected chi connectivity index (χ1v) is 10.7. The number of fused-ring (bicyclic) bond motifs is 1. The van der Waals surface area contributed by atoms with Gasteiger partial charge in [0.1, 0.15) is 11.6 Å². The van der Waals surface area contributed by atoms with E-state index in [9.17, 15) is 4.79 Å². The second kappa shape index (κ2) is 10.8. The van der Waals surface area contributed by atoms with Crippen molar-refractivity contribution in [2.45, 2.75) is 6.92 Å². The topological polar surface area (TPSA) is 155 Å². The average molecular weight is 486 g/mol. The molecule has 4 N–H and O–H groups in total. The molecule has 3 aromatic heterocycles. The predicted octanol–water partition coefficient (Wildman–Crippen LogP) is 4.48. The van der Waals surface area contributed by atoms with Gasteiger partial charge in [-0.3, -0.25) is 14.8 Å². The van der Waals surface area contributed by atoms with Gasteiger partial charge in [-0.15, -0.1) is 0 Å². The summed E-state index contributed by atoms with van der Waals surface area (Å²) in [5, 5.41) is 13.4. The second-order valence-corrected chi connectivity index (χ2v) is 7.46. The number of aromatic nitrogens is 4. The summed E-state index contributed by atoms with van der Waals surface area (Å²) in [4.78, 5) is 35.5. The molecule has 11 nitrogen and oxygen atoms in total. The van der Waals surface area contributed by atoms with Crippen molar-refractivity contribution < 1.29 is 19.1 Å². The third-order valence-corrected chi connectivity index (χ3v) is 5.10. The summed E-state index contributed by atoms with van der Waals surface area (Å²) in [6, 6.07) is 15.0. The molecule has 0 amide bonds. The van der Waals surface area contributed by atoms with Gasteiger partial charge in [0.15, 0.2) is 5.58 Å². The van der Waals surface area contributed by atoms with Crippen LogP contribution in [0, 0.1) is 6.92 Å². The quantitative estimate of drug-likeness (QED) is 0.252. The van der Waals surface area contributed by atoms with Crippen LogP contribution in [0.4, 0.5) is 23.1 Å². The number of ether oxygens (including phenoxy) is 1. The number of pyridine rings is 1. The Hall–Kier alpha value is -5.19. The van der Waals surface area contributed by atoms with Crippen LogP contribution in [0.15, 0.2) is 76.3 Å². The summed E-state index contributed by atoms with van der Waals surface area (Å²) < 4.78 is 10.6. The van der Waals surface area contributed by atoms with E-state index in [2.05, 4.69) is 30.6 Å². The predicted molar refractivity (Wildman–Crippen MR) is 135 cm³/mol. The van der Waals surface area contributed by atoms with Crippen LogP contribution < -0.4 is 21.1 Å². The monoisotopic (exact) mass is 486 g/mol. The largest absolute Gasteiger partial charge is 0.496 e. The normalized spacial score (nSPS) is 10.3. The fourth-order valence-electron chi connectivity index (χ4n) is 3.47. The lowest BCUT2D eigenvalue weighted by Crippen LogP contribution is -2.03. The number of nitrogens with zero attached hydrogens (tertiary/aromatic N) is 3. The van der Waals surface area contributed by atoms with Gasteiger partial charge < -0.3 is 24.9 Å². The Balaban J connectivity index is 0.000000967. The molecule has 0 saturated carbocycles. The zero-order valence-corrected chi connectivity index (χ0v) is 19.4. The smallest absolute Gasteiger partial charge is 0.417 e. The molecule has 0 bridgehead atoms. The van der Waals surface area contributed by atoms with E-state index in [1.54, 1.807) is 37.8 Å². The summed E-state index contributed by atoms with van der Waals surface area (Å²) >= 11 is 0. The van der Waals surface area contributed by atoms with Crippen LogP contribution in [-0.2, 0) is 4.79 Å². The number of carboxylic acid groups (broad SMARTS) is 1. The highest BCUT2D eigenvalue weighted by Gasteiger charge is 2.10. The highest BCUT2D eigenvalue weighted by atomic mass is 16.5. The fourth-order valence-corrected chi connectivity index (χ4v) is 3.47. The van der Waals surface area contributed by atoms with Gasteiger partial charge in [-0.1, -0.05) is 0 Å². The van der Waals surface area contributed by atoms with Crippen molar-refractivity contribution in [3.63, 3.8) is 0 Å². The average Bonchev–Trinajstić information content (AvgIpc) is 3.26. The van der Waals surface area contributed by atoms with Crippen molar-refractivity contribution in [1.82, 2.24) is 19.9 Å². The lowest BCUT2D eigenvalue weighted by molar-refractivity contribution is -0.122. The molecule has 11 heteroatoms. The number of methoxy groups -OCH3 is 1. The molecule has 2 aromatic carbocycles. The Morgan fingerprint density at radius 3 is 2.53 bits per heavy atom. The maximum Gasteiger partial charge on any atom is 0.417 e. The van der Waals surface area contributed by atoms with E-state index < -0.39 is 5.76 Å². The summed E-state index contributed by atoms with van der Waals surface area (Å²) in [5.74, 6) is 1.34. The second-order valence-electron chi connectivity index (χ2n) is 7.46. The Kier molecular flexibility index (Phi) is 7.20. The van der Waals surface area contributed by atoms with E-state index in [1.807, 2.05) is 43.3 Å². The number of aromatic amines is 1. The molecule has 182 valence electrons. The van der Waals surface area contributed by atoms with Gasteiger partial charge in [-0.25, -0.2) is 9.78 Å². The van der Waals surface area contributed by atoms with E-state index in [1.165, 1.54) is 0 Å². The minimum Gasteiger partial charge on any atom is -0.496 e. The maximum absolute atomic E-state index is 11.4. The lowest BCUT2D eigenvalue weighted by atomic mass is 10.1. The van der Waals surface area contributed by atoms with Crippen molar-refractivity contribution in [2.75, 3.05) is 17.7 Å². The van der Waals surface area contributed by atoms with Gasteiger partial charge in [-0.05, 0) is 61.0 Å². The van der Waals surface area contributed by atoms with Crippen molar-refractivity contribution in [3.8, 4) is 16.9 Å². The SMILES string of the molecule is COc1ccc(Nc2ncc(C)c(Nc3ccc4oc(=O)[nH]c4c3)n2)cc1-c1ccncc1.O=CO. The minimum atomic E-state index is -0.488. The van der Waals surface area contributed by atoms with Gasteiger partial charge in [-0.2, -0.15) is 4.98 Å². The Morgan fingerprint density at radius 1 is 1.06 bits per heavy atom. The van der Waals surface area contributed by atoms with Crippen LogP contribution in [-0.4, -0.2) is 38.6 Å². The summed E-state index contributed by atoms with van der Waals surface area (Å²) in [5.41, 5.74) is 5.47. The molecule has 0 radical (unpaired) electrons. The zero-order chi connectivity index (χ0) is 25.5. The zero-order valence-electron chi connectivity index (χ0n) is 19.4. The number of carbonyl (C=O) groups is 1. The maximum atomic E-state index is 11.4. The van der Waals surface area contributed by atoms with E-state index >= 15 is 0 Å². The summed E-state index contributed by atoms with van der Waals surface area (Å²) in [6.45, 7) is 1.67. The number of oxazole rings is 1. The molecule has 0 fully saturated rings. The molecule has 36 heavy (non-hydrogen) atoms. The van der Waals surface area contributed by atoms with Crippen LogP contribution in [0.3, 0.4) is 0 Å². The lowest BCUT2D eigenvalue weighted by Gasteiger charge is -2.13. The van der Waals surface area contributed by atoms with Crippen LogP contribution in [0.2, 0.25) is 0 Å².